The van der Waals surface area contributed by atoms with Gasteiger partial charge in [-0.1, -0.05) is 11.6 Å². The van der Waals surface area contributed by atoms with Crippen LogP contribution in [-0.2, 0) is 10.0 Å². The van der Waals surface area contributed by atoms with Crippen molar-refractivity contribution in [2.45, 2.75) is 25.3 Å². The number of likely N-dealkylation sites (tertiary alicyclic amines) is 1. The molecule has 8 heteroatoms. The van der Waals surface area contributed by atoms with E-state index in [1.165, 1.54) is 17.0 Å². The summed E-state index contributed by atoms with van der Waals surface area (Å²) in [5.41, 5.74) is -0.0845. The lowest BCUT2D eigenvalue weighted by Gasteiger charge is -2.36. The minimum absolute atomic E-state index is 0.0845. The molecule has 122 valence electrons. The number of nitrogens with one attached hydrogen (secondary N) is 1. The quantitative estimate of drug-likeness (QED) is 0.905. The van der Waals surface area contributed by atoms with E-state index in [1.807, 2.05) is 0 Å². The Labute approximate surface area is 134 Å². The van der Waals surface area contributed by atoms with Gasteiger partial charge in [-0.3, -0.25) is 4.79 Å². The highest BCUT2D eigenvalue weighted by atomic mass is 35.5. The first-order valence-corrected chi connectivity index (χ1v) is 9.25. The molecule has 1 aliphatic rings. The molecule has 1 fully saturated rings. The summed E-state index contributed by atoms with van der Waals surface area (Å²) < 4.78 is 38.7. The van der Waals surface area contributed by atoms with Gasteiger partial charge in [0, 0.05) is 24.2 Å². The second kappa shape index (κ2) is 6.93. The Bertz CT molecular complexity index is 666. The predicted molar refractivity (Wildman–Crippen MR) is 82.9 cm³/mol. The second-order valence-electron chi connectivity index (χ2n) is 5.39. The van der Waals surface area contributed by atoms with Crippen LogP contribution in [0.1, 0.15) is 29.6 Å². The van der Waals surface area contributed by atoms with Crippen molar-refractivity contribution in [3.05, 3.63) is 34.6 Å². The van der Waals surface area contributed by atoms with Gasteiger partial charge >= 0.3 is 0 Å². The molecule has 1 saturated heterocycles. The molecule has 0 saturated carbocycles. The van der Waals surface area contributed by atoms with E-state index in [-0.39, 0.29) is 23.2 Å². The van der Waals surface area contributed by atoms with Crippen molar-refractivity contribution in [1.82, 2.24) is 9.62 Å². The number of benzene rings is 1. The zero-order chi connectivity index (χ0) is 16.3. The maximum atomic E-state index is 13.9. The highest BCUT2D eigenvalue weighted by Gasteiger charge is 2.29. The maximum absolute atomic E-state index is 13.9. The first-order chi connectivity index (χ1) is 10.3. The lowest BCUT2D eigenvalue weighted by molar-refractivity contribution is 0.0614. The molecular weight excluding hydrogens is 331 g/mol. The Balaban J connectivity index is 2.19. The molecule has 1 atom stereocenters. The molecule has 0 bridgehead atoms. The number of carbonyl (C=O) groups excluding carboxylic acids is 1. The van der Waals surface area contributed by atoms with Crippen LogP contribution in [0.3, 0.4) is 0 Å². The zero-order valence-electron chi connectivity index (χ0n) is 12.2. The van der Waals surface area contributed by atoms with Gasteiger partial charge in [-0.2, -0.15) is 0 Å². The van der Waals surface area contributed by atoms with E-state index in [0.29, 0.717) is 13.0 Å². The van der Waals surface area contributed by atoms with Gasteiger partial charge in [0.1, 0.15) is 5.82 Å². The third kappa shape index (κ3) is 4.41. The monoisotopic (exact) mass is 348 g/mol. The van der Waals surface area contributed by atoms with E-state index in [9.17, 15) is 17.6 Å². The van der Waals surface area contributed by atoms with E-state index in [2.05, 4.69) is 4.72 Å². The normalized spacial score (nSPS) is 19.2. The first kappa shape index (κ1) is 17.2. The molecule has 1 unspecified atom stereocenters. The highest BCUT2D eigenvalue weighted by molar-refractivity contribution is 7.88. The molecule has 1 aliphatic heterocycles. The van der Waals surface area contributed by atoms with Crippen LogP contribution in [0.15, 0.2) is 18.2 Å². The zero-order valence-corrected chi connectivity index (χ0v) is 13.8. The maximum Gasteiger partial charge on any atom is 0.257 e. The molecule has 5 nitrogen and oxygen atoms in total. The van der Waals surface area contributed by atoms with E-state index >= 15 is 0 Å². The van der Waals surface area contributed by atoms with Crippen LogP contribution in [0.25, 0.3) is 0 Å². The fourth-order valence-corrected chi connectivity index (χ4v) is 3.21. The van der Waals surface area contributed by atoms with Crippen molar-refractivity contribution in [3.63, 3.8) is 0 Å². The van der Waals surface area contributed by atoms with Crippen molar-refractivity contribution in [1.29, 1.82) is 0 Å². The van der Waals surface area contributed by atoms with Gasteiger partial charge < -0.3 is 4.90 Å². The van der Waals surface area contributed by atoms with E-state index < -0.39 is 21.7 Å². The number of rotatable bonds is 4. The largest absolute Gasteiger partial charge is 0.334 e. The Morgan fingerprint density at radius 2 is 2.18 bits per heavy atom. The fraction of sp³-hybridized carbons (Fsp3) is 0.500. The van der Waals surface area contributed by atoms with Gasteiger partial charge in [0.2, 0.25) is 10.0 Å². The minimum atomic E-state index is -3.34. The molecule has 1 amide bonds. The highest BCUT2D eigenvalue weighted by Crippen LogP contribution is 2.22. The summed E-state index contributed by atoms with van der Waals surface area (Å²) in [6.07, 6.45) is 3.45. The van der Waals surface area contributed by atoms with E-state index in [1.54, 1.807) is 0 Å². The molecule has 22 heavy (non-hydrogen) atoms. The Hall–Kier alpha value is -1.18. The van der Waals surface area contributed by atoms with Crippen molar-refractivity contribution in [2.75, 3.05) is 19.3 Å². The average molecular weight is 349 g/mol. The van der Waals surface area contributed by atoms with E-state index in [4.69, 9.17) is 11.6 Å². The van der Waals surface area contributed by atoms with Crippen LogP contribution in [0.2, 0.25) is 5.02 Å². The van der Waals surface area contributed by atoms with Crippen LogP contribution in [0.4, 0.5) is 4.39 Å². The lowest BCUT2D eigenvalue weighted by Crippen LogP contribution is -2.49. The van der Waals surface area contributed by atoms with Gasteiger partial charge in [0.25, 0.3) is 5.91 Å². The van der Waals surface area contributed by atoms with Crippen LogP contribution in [0.5, 0.6) is 0 Å². The van der Waals surface area contributed by atoms with Crippen molar-refractivity contribution >= 4 is 27.5 Å². The van der Waals surface area contributed by atoms with Crippen LogP contribution >= 0.6 is 11.6 Å². The number of hydrogen-bond acceptors (Lipinski definition) is 3. The Morgan fingerprint density at radius 1 is 1.45 bits per heavy atom. The van der Waals surface area contributed by atoms with Gasteiger partial charge in [-0.25, -0.2) is 17.5 Å². The van der Waals surface area contributed by atoms with E-state index in [0.717, 1.165) is 25.2 Å². The minimum Gasteiger partial charge on any atom is -0.334 e. The van der Waals surface area contributed by atoms with Crippen molar-refractivity contribution in [3.8, 4) is 0 Å². The fourth-order valence-electron chi connectivity index (χ4n) is 2.54. The topological polar surface area (TPSA) is 66.5 Å². The Kier molecular flexibility index (Phi) is 5.41. The molecule has 1 N–H and O–H groups in total. The summed E-state index contributed by atoms with van der Waals surface area (Å²) in [4.78, 5) is 14.1. The van der Waals surface area contributed by atoms with Crippen LogP contribution in [-0.4, -0.2) is 44.6 Å². The molecule has 0 radical (unpaired) electrons. The predicted octanol–water partition coefficient (Wildman–Crippen LogP) is 2.02. The average Bonchev–Trinajstić information content (AvgIpc) is 2.46. The summed E-state index contributed by atoms with van der Waals surface area (Å²) in [5, 5.41) is 0.285. The lowest BCUT2D eigenvalue weighted by atomic mass is 10.0. The first-order valence-electron chi connectivity index (χ1n) is 6.98. The molecule has 2 rings (SSSR count). The summed E-state index contributed by atoms with van der Waals surface area (Å²) in [6, 6.07) is 3.56. The summed E-state index contributed by atoms with van der Waals surface area (Å²) >= 11 is 5.83. The van der Waals surface area contributed by atoms with Gasteiger partial charge in [-0.05, 0) is 37.5 Å². The number of sulfonamides is 1. The second-order valence-corrected chi connectivity index (χ2v) is 7.66. The summed E-state index contributed by atoms with van der Waals surface area (Å²) in [7, 11) is -3.34. The van der Waals surface area contributed by atoms with Gasteiger partial charge in [-0.15, -0.1) is 0 Å². The molecule has 1 aromatic carbocycles. The number of hydrogen-bond donors (Lipinski definition) is 1. The molecule has 0 aliphatic carbocycles. The molecule has 0 spiro atoms. The number of halogens is 2. The van der Waals surface area contributed by atoms with Crippen LogP contribution < -0.4 is 4.72 Å². The third-order valence-electron chi connectivity index (χ3n) is 3.63. The SMILES string of the molecule is CS(=O)(=O)NCC1CCCCN1C(=O)c1cc(Cl)ccc1F. The molecular formula is C14H18ClFN2O3S. The summed E-state index contributed by atoms with van der Waals surface area (Å²) in [6.45, 7) is 0.605. The molecule has 1 aromatic rings. The number of piperidine rings is 1. The number of amides is 1. The van der Waals surface area contributed by atoms with Crippen molar-refractivity contribution < 1.29 is 17.6 Å². The molecule has 1 heterocycles. The smallest absolute Gasteiger partial charge is 0.257 e. The summed E-state index contributed by atoms with van der Waals surface area (Å²) in [5.74, 6) is -1.09. The van der Waals surface area contributed by atoms with Crippen LogP contribution in [0, 0.1) is 5.82 Å². The third-order valence-corrected chi connectivity index (χ3v) is 4.55. The number of nitrogens with zero attached hydrogens (tertiary/aromatic N) is 1. The Morgan fingerprint density at radius 3 is 2.86 bits per heavy atom. The van der Waals surface area contributed by atoms with Gasteiger partial charge in [0.15, 0.2) is 0 Å². The van der Waals surface area contributed by atoms with Gasteiger partial charge in [0.05, 0.1) is 11.8 Å². The number of carbonyl (C=O) groups is 1. The molecule has 0 aromatic heterocycles. The standard InChI is InChI=1S/C14H18ClFN2O3S/c1-22(20,21)17-9-11-4-2-3-7-18(11)14(19)12-8-10(15)5-6-13(12)16/h5-6,8,11,17H,2-4,7,9H2,1H3. The van der Waals surface area contributed by atoms with Crippen molar-refractivity contribution in [2.24, 2.45) is 0 Å².